The lowest BCUT2D eigenvalue weighted by molar-refractivity contribution is 0.593. The number of nitrogens with zero attached hydrogens (tertiary/aromatic N) is 4. The molecule has 27 heavy (non-hydrogen) atoms. The second-order valence-corrected chi connectivity index (χ2v) is 8.56. The summed E-state index contributed by atoms with van der Waals surface area (Å²) in [5.74, 6) is 0.505. The largest absolute Gasteiger partial charge is 0.324 e. The van der Waals surface area contributed by atoms with Gasteiger partial charge in [0.05, 0.1) is 0 Å². The van der Waals surface area contributed by atoms with Gasteiger partial charge >= 0.3 is 0 Å². The van der Waals surface area contributed by atoms with Gasteiger partial charge in [-0.2, -0.15) is 0 Å². The molecule has 0 unspecified atom stereocenters. The second kappa shape index (κ2) is 9.84. The van der Waals surface area contributed by atoms with E-state index in [4.69, 9.17) is 23.2 Å². The molecule has 0 atom stereocenters. The first-order valence-electron chi connectivity index (χ1n) is 7.36. The summed E-state index contributed by atoms with van der Waals surface area (Å²) < 4.78 is 21.6. The topological polar surface area (TPSA) is 97.7 Å². The lowest BCUT2D eigenvalue weighted by Gasteiger charge is -2.05. The first-order chi connectivity index (χ1) is 12.8. The van der Waals surface area contributed by atoms with Crippen molar-refractivity contribution in [2.75, 3.05) is 17.8 Å². The Kier molecular flexibility index (Phi) is 7.78. The summed E-state index contributed by atoms with van der Waals surface area (Å²) in [7, 11) is -3.33. The summed E-state index contributed by atoms with van der Waals surface area (Å²) in [5, 5.41) is 3.41. The average molecular weight is 444 g/mol. The third-order valence-electron chi connectivity index (χ3n) is 2.88. The number of hydrogen-bond donors (Lipinski definition) is 1. The van der Waals surface area contributed by atoms with Gasteiger partial charge in [0.2, 0.25) is 20.9 Å². The molecule has 0 radical (unpaired) electrons. The number of benzene rings is 1. The van der Waals surface area contributed by atoms with Crippen LogP contribution in [0.1, 0.15) is 0 Å². The molecule has 1 N–H and O–H groups in total. The number of anilines is 2. The standard InChI is InChI=1S/C11H10ClN3S.C5H5ClN2O2S/c1-16-9-4-2-3-8(7-9)14-11-13-6-5-10(12)15-11;1-11(9,10)5-7-3-2-4(6)8-5/h2-7H,1H3,(H,13,14,15);2-3H,1H3. The zero-order valence-electron chi connectivity index (χ0n) is 14.3. The van der Waals surface area contributed by atoms with Crippen LogP contribution >= 0.6 is 35.0 Å². The van der Waals surface area contributed by atoms with Crippen LogP contribution in [0.2, 0.25) is 10.3 Å². The molecule has 0 aliphatic rings. The molecule has 0 fully saturated rings. The lowest BCUT2D eigenvalue weighted by Crippen LogP contribution is -2.02. The minimum absolute atomic E-state index is 0.125. The zero-order valence-corrected chi connectivity index (χ0v) is 17.4. The molecule has 3 aromatic rings. The van der Waals surface area contributed by atoms with Crippen molar-refractivity contribution in [2.24, 2.45) is 0 Å². The number of thioether (sulfide) groups is 1. The minimum atomic E-state index is -3.33. The van der Waals surface area contributed by atoms with Crippen molar-refractivity contribution in [3.8, 4) is 0 Å². The number of rotatable bonds is 4. The van der Waals surface area contributed by atoms with Crippen molar-refractivity contribution in [3.05, 3.63) is 59.1 Å². The number of aromatic nitrogens is 4. The van der Waals surface area contributed by atoms with Gasteiger partial charge in [-0.25, -0.2) is 28.4 Å². The predicted molar refractivity (Wildman–Crippen MR) is 109 cm³/mol. The third-order valence-corrected chi connectivity index (χ3v) is 4.88. The van der Waals surface area contributed by atoms with Gasteiger partial charge in [-0.3, -0.25) is 0 Å². The van der Waals surface area contributed by atoms with Gasteiger partial charge in [0.1, 0.15) is 10.3 Å². The molecule has 2 aromatic heterocycles. The zero-order chi connectivity index (χ0) is 19.9. The van der Waals surface area contributed by atoms with E-state index in [1.807, 2.05) is 24.5 Å². The quantitative estimate of drug-likeness (QED) is 0.365. The molecule has 0 saturated heterocycles. The molecule has 0 spiro atoms. The van der Waals surface area contributed by atoms with Crippen LogP contribution in [0.3, 0.4) is 0 Å². The van der Waals surface area contributed by atoms with Crippen molar-refractivity contribution in [2.45, 2.75) is 10.1 Å². The fourth-order valence-corrected chi connectivity index (χ4v) is 3.02. The van der Waals surface area contributed by atoms with Crippen molar-refractivity contribution in [1.82, 2.24) is 19.9 Å². The molecule has 2 heterocycles. The maximum atomic E-state index is 10.8. The van der Waals surface area contributed by atoms with Gasteiger partial charge in [-0.15, -0.1) is 11.8 Å². The van der Waals surface area contributed by atoms with Crippen LogP contribution in [0.15, 0.2) is 58.8 Å². The summed E-state index contributed by atoms with van der Waals surface area (Å²) in [4.78, 5) is 16.4. The van der Waals surface area contributed by atoms with E-state index in [2.05, 4.69) is 31.3 Å². The van der Waals surface area contributed by atoms with E-state index in [1.54, 1.807) is 24.0 Å². The number of halogens is 2. The Balaban J connectivity index is 0.000000208. The Hall–Kier alpha value is -1.94. The van der Waals surface area contributed by atoms with E-state index < -0.39 is 9.84 Å². The van der Waals surface area contributed by atoms with E-state index in [0.717, 1.165) is 11.9 Å². The smallest absolute Gasteiger partial charge is 0.248 e. The third kappa shape index (κ3) is 7.30. The highest BCUT2D eigenvalue weighted by atomic mass is 35.5. The highest BCUT2D eigenvalue weighted by Gasteiger charge is 2.09. The van der Waals surface area contributed by atoms with E-state index in [-0.39, 0.29) is 10.3 Å². The maximum absolute atomic E-state index is 10.8. The van der Waals surface area contributed by atoms with Crippen LogP contribution in [-0.2, 0) is 9.84 Å². The molecule has 3 rings (SSSR count). The summed E-state index contributed by atoms with van der Waals surface area (Å²) in [6.07, 6.45) is 5.98. The first-order valence-corrected chi connectivity index (χ1v) is 11.2. The molecule has 7 nitrogen and oxygen atoms in total. The summed E-state index contributed by atoms with van der Waals surface area (Å²) >= 11 is 12.9. The van der Waals surface area contributed by atoms with Crippen LogP contribution < -0.4 is 5.32 Å². The Morgan fingerprint density at radius 1 is 1.00 bits per heavy atom. The van der Waals surface area contributed by atoms with E-state index >= 15 is 0 Å². The van der Waals surface area contributed by atoms with Gasteiger partial charge < -0.3 is 5.32 Å². The second-order valence-electron chi connectivity index (χ2n) is 4.99. The Morgan fingerprint density at radius 3 is 2.22 bits per heavy atom. The Bertz CT molecular complexity index is 1020. The van der Waals surface area contributed by atoms with Gasteiger partial charge in [0.25, 0.3) is 0 Å². The van der Waals surface area contributed by atoms with Crippen molar-refractivity contribution in [3.63, 3.8) is 0 Å². The number of hydrogen-bond acceptors (Lipinski definition) is 8. The highest BCUT2D eigenvalue weighted by molar-refractivity contribution is 7.98. The highest BCUT2D eigenvalue weighted by Crippen LogP contribution is 2.21. The lowest BCUT2D eigenvalue weighted by atomic mass is 10.3. The van der Waals surface area contributed by atoms with E-state index in [9.17, 15) is 8.42 Å². The predicted octanol–water partition coefficient (Wildman–Crippen LogP) is 4.13. The van der Waals surface area contributed by atoms with Gasteiger partial charge in [0.15, 0.2) is 0 Å². The van der Waals surface area contributed by atoms with E-state index in [1.165, 1.54) is 17.2 Å². The van der Waals surface area contributed by atoms with Crippen LogP contribution in [0.25, 0.3) is 0 Å². The average Bonchev–Trinajstić information content (AvgIpc) is 2.62. The number of sulfone groups is 1. The maximum Gasteiger partial charge on any atom is 0.248 e. The minimum Gasteiger partial charge on any atom is -0.324 e. The van der Waals surface area contributed by atoms with Crippen LogP contribution in [0, 0.1) is 0 Å². The van der Waals surface area contributed by atoms with Crippen LogP contribution in [0.5, 0.6) is 0 Å². The van der Waals surface area contributed by atoms with Crippen LogP contribution in [-0.4, -0.2) is 40.9 Å². The fourth-order valence-electron chi connectivity index (χ4n) is 1.73. The molecular formula is C16H15Cl2N5O2S2. The Labute approximate surface area is 171 Å². The fraction of sp³-hybridized carbons (Fsp3) is 0.125. The Morgan fingerprint density at radius 2 is 1.67 bits per heavy atom. The van der Waals surface area contributed by atoms with Gasteiger partial charge in [-0.05, 0) is 36.6 Å². The summed E-state index contributed by atoms with van der Waals surface area (Å²) in [5.41, 5.74) is 0.953. The SMILES string of the molecule is CS(=O)(=O)c1nccc(Cl)n1.CSc1cccc(Nc2nccc(Cl)n2)c1. The van der Waals surface area contributed by atoms with Crippen LogP contribution in [0.4, 0.5) is 11.6 Å². The molecular weight excluding hydrogens is 429 g/mol. The van der Waals surface area contributed by atoms with E-state index in [0.29, 0.717) is 11.1 Å². The summed E-state index contributed by atoms with van der Waals surface area (Å²) in [6, 6.07) is 11.1. The molecule has 1 aromatic carbocycles. The summed E-state index contributed by atoms with van der Waals surface area (Å²) in [6.45, 7) is 0. The van der Waals surface area contributed by atoms with Crippen molar-refractivity contribution >= 4 is 56.4 Å². The molecule has 0 bridgehead atoms. The molecule has 11 heteroatoms. The molecule has 142 valence electrons. The molecule has 0 amide bonds. The first kappa shape index (κ1) is 21.4. The van der Waals surface area contributed by atoms with Crippen molar-refractivity contribution < 1.29 is 8.42 Å². The monoisotopic (exact) mass is 443 g/mol. The van der Waals surface area contributed by atoms with Gasteiger partial charge in [0, 0.05) is 29.2 Å². The molecule has 0 aliphatic carbocycles. The number of nitrogens with one attached hydrogen (secondary N) is 1. The van der Waals surface area contributed by atoms with Crippen molar-refractivity contribution in [1.29, 1.82) is 0 Å². The normalized spacial score (nSPS) is 10.7. The molecule has 0 aliphatic heterocycles. The molecule has 0 saturated carbocycles. The van der Waals surface area contributed by atoms with Gasteiger partial charge in [-0.1, -0.05) is 29.3 Å².